The second-order valence-electron chi connectivity index (χ2n) is 11.0. The summed E-state index contributed by atoms with van der Waals surface area (Å²) in [4.78, 5) is 62.9. The van der Waals surface area contributed by atoms with Gasteiger partial charge in [0.25, 0.3) is 0 Å². The van der Waals surface area contributed by atoms with Gasteiger partial charge >= 0.3 is 12.1 Å². The van der Waals surface area contributed by atoms with Gasteiger partial charge < -0.3 is 31.5 Å². The third-order valence-electron chi connectivity index (χ3n) is 7.50. The molecule has 6 N–H and O–H groups in total. The van der Waals surface area contributed by atoms with E-state index in [9.17, 15) is 29.1 Å². The molecule has 11 heteroatoms. The summed E-state index contributed by atoms with van der Waals surface area (Å²) < 4.78 is 5.57. The van der Waals surface area contributed by atoms with E-state index in [1.165, 1.54) is 0 Å². The number of carbonyl (C=O) groups excluding carboxylic acids is 4. The minimum absolute atomic E-state index is 0.0168. The minimum Gasteiger partial charge on any atom is -0.480 e. The molecule has 11 nitrogen and oxygen atoms in total. The Morgan fingerprint density at radius 1 is 0.773 bits per heavy atom. The molecule has 0 fully saturated rings. The highest BCUT2D eigenvalue weighted by Gasteiger charge is 2.33. The molecule has 0 bridgehead atoms. The summed E-state index contributed by atoms with van der Waals surface area (Å²) in [6, 6.07) is 20.5. The number of aliphatic carboxylic acids is 1. The summed E-state index contributed by atoms with van der Waals surface area (Å²) in [5.74, 6) is -4.44. The number of alkyl carbamates (subject to hydrolysis) is 1. The molecule has 1 aliphatic carbocycles. The van der Waals surface area contributed by atoms with Crippen LogP contribution in [0.5, 0.6) is 0 Å². The molecule has 0 saturated carbocycles. The third-order valence-corrected chi connectivity index (χ3v) is 7.50. The zero-order valence-corrected chi connectivity index (χ0v) is 24.5. The number of hydrogen-bond acceptors (Lipinski definition) is 6. The van der Waals surface area contributed by atoms with Crippen molar-refractivity contribution in [2.45, 2.75) is 50.7 Å². The van der Waals surface area contributed by atoms with E-state index in [1.807, 2.05) is 48.5 Å². The molecule has 3 atom stereocenters. The van der Waals surface area contributed by atoms with Crippen LogP contribution in [0.25, 0.3) is 11.1 Å². The summed E-state index contributed by atoms with van der Waals surface area (Å²) in [6.45, 7) is 3.42. The van der Waals surface area contributed by atoms with Crippen molar-refractivity contribution in [3.8, 4) is 11.1 Å². The van der Waals surface area contributed by atoms with Crippen LogP contribution < -0.4 is 21.7 Å². The molecule has 0 unspecified atom stereocenters. The quantitative estimate of drug-likeness (QED) is 0.200. The van der Waals surface area contributed by atoms with Crippen LogP contribution in [0.1, 0.15) is 42.9 Å². The summed E-state index contributed by atoms with van der Waals surface area (Å²) in [5, 5.41) is 17.1. The maximum atomic E-state index is 13.3. The minimum atomic E-state index is -1.47. The maximum absolute atomic E-state index is 13.3. The van der Waals surface area contributed by atoms with Gasteiger partial charge in [0.1, 0.15) is 24.7 Å². The Kier molecular flexibility index (Phi) is 10.3. The van der Waals surface area contributed by atoms with Gasteiger partial charge in [-0.15, -0.1) is 0 Å². The Labute approximate surface area is 255 Å². The molecule has 4 amide bonds. The number of hydrogen-bond donors (Lipinski definition) is 5. The highest BCUT2D eigenvalue weighted by atomic mass is 16.5. The lowest BCUT2D eigenvalue weighted by atomic mass is 9.98. The van der Waals surface area contributed by atoms with Gasteiger partial charge in [-0.05, 0) is 33.7 Å². The Balaban J connectivity index is 1.40. The van der Waals surface area contributed by atoms with Crippen LogP contribution in [0.3, 0.4) is 0 Å². The monoisotopic (exact) mass is 600 g/mol. The fourth-order valence-electron chi connectivity index (χ4n) is 5.30. The van der Waals surface area contributed by atoms with Crippen molar-refractivity contribution in [1.82, 2.24) is 16.0 Å². The largest absolute Gasteiger partial charge is 0.480 e. The Morgan fingerprint density at radius 3 is 1.86 bits per heavy atom. The molecule has 0 radical (unpaired) electrons. The molecule has 1 aliphatic rings. The second-order valence-corrected chi connectivity index (χ2v) is 11.0. The van der Waals surface area contributed by atoms with Gasteiger partial charge in [0.2, 0.25) is 17.7 Å². The van der Waals surface area contributed by atoms with E-state index in [-0.39, 0.29) is 18.9 Å². The van der Waals surface area contributed by atoms with E-state index >= 15 is 0 Å². The van der Waals surface area contributed by atoms with Crippen LogP contribution in [0.4, 0.5) is 4.79 Å². The van der Waals surface area contributed by atoms with Crippen LogP contribution in [-0.2, 0) is 30.3 Å². The van der Waals surface area contributed by atoms with Crippen LogP contribution in [0.15, 0.2) is 78.9 Å². The molecule has 0 aliphatic heterocycles. The van der Waals surface area contributed by atoms with Crippen molar-refractivity contribution in [1.29, 1.82) is 0 Å². The first-order chi connectivity index (χ1) is 21.0. The van der Waals surface area contributed by atoms with E-state index in [1.54, 1.807) is 44.2 Å². The van der Waals surface area contributed by atoms with Gasteiger partial charge in [-0.3, -0.25) is 14.4 Å². The summed E-state index contributed by atoms with van der Waals surface area (Å²) >= 11 is 0. The van der Waals surface area contributed by atoms with Gasteiger partial charge in [0, 0.05) is 12.3 Å². The first-order valence-electron chi connectivity index (χ1n) is 14.3. The van der Waals surface area contributed by atoms with E-state index in [0.29, 0.717) is 5.56 Å². The first kappa shape index (κ1) is 31.7. The fraction of sp³-hybridized carbons (Fsp3) is 0.303. The second kappa shape index (κ2) is 14.3. The maximum Gasteiger partial charge on any atom is 0.407 e. The van der Waals surface area contributed by atoms with Crippen molar-refractivity contribution in [3.05, 3.63) is 95.6 Å². The predicted molar refractivity (Wildman–Crippen MR) is 162 cm³/mol. The first-order valence-corrected chi connectivity index (χ1v) is 14.3. The lowest BCUT2D eigenvalue weighted by Gasteiger charge is -2.26. The summed E-state index contributed by atoms with van der Waals surface area (Å²) in [5.41, 5.74) is 10.2. The molecule has 0 spiro atoms. The van der Waals surface area contributed by atoms with Gasteiger partial charge in [0.05, 0.1) is 6.42 Å². The normalized spacial score (nSPS) is 14.0. The standard InChI is InChI=1S/C33H36N4O7/c1-19(2)29(37-33(43)44-18-25-23-14-8-6-12-21(23)22-13-7-9-15-24(22)25)31(40)35-26(17-28(34)38)30(39)36-27(32(41)42)16-20-10-4-3-5-11-20/h3-15,19,25-27,29H,16-18H2,1-2H3,(H2,34,38)(H,35,40)(H,36,39)(H,37,43)(H,41,42)/t26-,27-,29-/m0/s1. The number of nitrogens with one attached hydrogen (secondary N) is 3. The number of primary amides is 1. The number of fused-ring (bicyclic) bond motifs is 3. The van der Waals surface area contributed by atoms with E-state index in [0.717, 1.165) is 22.3 Å². The smallest absolute Gasteiger partial charge is 0.407 e. The Morgan fingerprint density at radius 2 is 1.32 bits per heavy atom. The van der Waals surface area contributed by atoms with Crippen LogP contribution in [0, 0.1) is 5.92 Å². The SMILES string of the molecule is CC(C)[C@H](NC(=O)OCC1c2ccccc2-c2ccccc21)C(=O)N[C@@H](CC(N)=O)C(=O)N[C@@H](Cc1ccccc1)C(=O)O. The number of carbonyl (C=O) groups is 5. The fourth-order valence-corrected chi connectivity index (χ4v) is 5.30. The molecule has 0 saturated heterocycles. The number of amides is 4. The molecule has 0 aromatic heterocycles. The number of nitrogens with two attached hydrogens (primary N) is 1. The number of rotatable bonds is 13. The van der Waals surface area contributed by atoms with Gasteiger partial charge in [0.15, 0.2) is 0 Å². The van der Waals surface area contributed by atoms with Crippen LogP contribution in [-0.4, -0.2) is 59.6 Å². The van der Waals surface area contributed by atoms with Crippen molar-refractivity contribution in [2.24, 2.45) is 11.7 Å². The van der Waals surface area contributed by atoms with E-state index in [2.05, 4.69) is 16.0 Å². The van der Waals surface area contributed by atoms with Crippen LogP contribution >= 0.6 is 0 Å². The van der Waals surface area contributed by atoms with Gasteiger partial charge in [-0.25, -0.2) is 9.59 Å². The Hall–Kier alpha value is -5.19. The number of ether oxygens (including phenoxy) is 1. The molecule has 0 heterocycles. The topological polar surface area (TPSA) is 177 Å². The molecule has 3 aromatic rings. The van der Waals surface area contributed by atoms with E-state index < -0.39 is 60.2 Å². The average molecular weight is 601 g/mol. The zero-order valence-electron chi connectivity index (χ0n) is 24.5. The predicted octanol–water partition coefficient (Wildman–Crippen LogP) is 2.72. The Bertz CT molecular complexity index is 1480. The van der Waals surface area contributed by atoms with Gasteiger partial charge in [-0.2, -0.15) is 0 Å². The molecular weight excluding hydrogens is 564 g/mol. The van der Waals surface area contributed by atoms with Gasteiger partial charge in [-0.1, -0.05) is 92.7 Å². The molecule has 230 valence electrons. The van der Waals surface area contributed by atoms with Crippen LogP contribution in [0.2, 0.25) is 0 Å². The molecule has 44 heavy (non-hydrogen) atoms. The highest BCUT2D eigenvalue weighted by Crippen LogP contribution is 2.44. The number of carboxylic acids is 1. The highest BCUT2D eigenvalue weighted by molar-refractivity contribution is 5.95. The number of carboxylic acid groups (broad SMARTS) is 1. The number of benzene rings is 3. The lowest BCUT2D eigenvalue weighted by molar-refractivity contribution is -0.142. The van der Waals surface area contributed by atoms with Crippen molar-refractivity contribution < 1.29 is 33.8 Å². The van der Waals surface area contributed by atoms with Crippen molar-refractivity contribution in [3.63, 3.8) is 0 Å². The van der Waals surface area contributed by atoms with E-state index in [4.69, 9.17) is 10.5 Å². The average Bonchev–Trinajstić information content (AvgIpc) is 3.31. The lowest BCUT2D eigenvalue weighted by Crippen LogP contribution is -2.58. The van der Waals surface area contributed by atoms with Crippen molar-refractivity contribution in [2.75, 3.05) is 6.61 Å². The summed E-state index contributed by atoms with van der Waals surface area (Å²) in [7, 11) is 0. The van der Waals surface area contributed by atoms with Crippen molar-refractivity contribution >= 4 is 29.8 Å². The molecular formula is C33H36N4O7. The third kappa shape index (κ3) is 7.80. The molecule has 4 rings (SSSR count). The molecule has 3 aromatic carbocycles. The zero-order chi connectivity index (χ0) is 31.8. The summed E-state index contributed by atoms with van der Waals surface area (Å²) in [6.07, 6.45) is -1.42.